The number of benzene rings is 3. The highest BCUT2D eigenvalue weighted by Gasteiger charge is 2.28. The maximum atomic E-state index is 14.5. The monoisotopic (exact) mass is 414 g/mol. The second kappa shape index (κ2) is 9.92. The molecule has 3 aromatic rings. The van der Waals surface area contributed by atoms with Gasteiger partial charge < -0.3 is 0 Å². The average molecular weight is 414 g/mol. The van der Waals surface area contributed by atoms with E-state index in [1.165, 1.54) is 18.6 Å². The molecule has 0 N–H and O–H groups in total. The van der Waals surface area contributed by atoms with Crippen molar-refractivity contribution in [1.82, 2.24) is 0 Å². The number of hydrogen-bond donors (Lipinski definition) is 0. The topological polar surface area (TPSA) is 0 Å². The molecule has 4 heteroatoms. The van der Waals surface area contributed by atoms with E-state index in [1.807, 2.05) is 31.2 Å². The minimum Gasteiger partial charge on any atom is -0.244 e. The molecule has 3 atom stereocenters. The lowest BCUT2D eigenvalue weighted by atomic mass is 9.97. The van der Waals surface area contributed by atoms with Crippen molar-refractivity contribution in [2.45, 2.75) is 51.6 Å². The van der Waals surface area contributed by atoms with Crippen LogP contribution in [0.15, 0.2) is 66.7 Å². The van der Waals surface area contributed by atoms with Crippen LogP contribution in [0.5, 0.6) is 0 Å². The van der Waals surface area contributed by atoms with Gasteiger partial charge in [0.15, 0.2) is 6.17 Å². The summed E-state index contributed by atoms with van der Waals surface area (Å²) >= 11 is 0. The molecule has 3 aromatic carbocycles. The van der Waals surface area contributed by atoms with E-state index >= 15 is 0 Å². The van der Waals surface area contributed by atoms with E-state index in [2.05, 4.69) is 24.3 Å². The van der Waals surface area contributed by atoms with Gasteiger partial charge in [-0.3, -0.25) is 0 Å². The minimum atomic E-state index is -2.16. The lowest BCUT2D eigenvalue weighted by Crippen LogP contribution is -2.28. The molecule has 0 aliphatic carbocycles. The largest absolute Gasteiger partial charge is 0.244 e. The van der Waals surface area contributed by atoms with E-state index in [4.69, 9.17) is 0 Å². The Morgan fingerprint density at radius 1 is 0.700 bits per heavy atom. The van der Waals surface area contributed by atoms with Gasteiger partial charge in [0.1, 0.15) is 18.2 Å². The fourth-order valence-electron chi connectivity index (χ4n) is 3.44. The first-order chi connectivity index (χ1) is 14.4. The van der Waals surface area contributed by atoms with Crippen LogP contribution >= 0.6 is 0 Å². The second-order valence-electron chi connectivity index (χ2n) is 7.67. The van der Waals surface area contributed by atoms with Crippen LogP contribution in [0.3, 0.4) is 0 Å². The number of aryl methyl sites for hydroxylation is 2. The zero-order valence-corrected chi connectivity index (χ0v) is 17.2. The number of rotatable bonds is 8. The summed E-state index contributed by atoms with van der Waals surface area (Å²) in [6.07, 6.45) is -6.22. The van der Waals surface area contributed by atoms with Gasteiger partial charge >= 0.3 is 0 Å². The van der Waals surface area contributed by atoms with Crippen LogP contribution in [0.2, 0.25) is 0 Å². The molecule has 0 aliphatic rings. The molecule has 3 rings (SSSR count). The number of halogens is 4. The Labute approximate surface area is 175 Å². The summed E-state index contributed by atoms with van der Waals surface area (Å²) in [6.45, 7) is 3.51. The first-order valence-corrected chi connectivity index (χ1v) is 10.3. The van der Waals surface area contributed by atoms with E-state index in [0.29, 0.717) is 11.1 Å². The van der Waals surface area contributed by atoms with Crippen molar-refractivity contribution >= 4 is 0 Å². The summed E-state index contributed by atoms with van der Waals surface area (Å²) in [4.78, 5) is 0. The summed E-state index contributed by atoms with van der Waals surface area (Å²) in [5, 5.41) is 0. The van der Waals surface area contributed by atoms with Gasteiger partial charge in [-0.2, -0.15) is 0 Å². The molecule has 0 fully saturated rings. The van der Waals surface area contributed by atoms with Crippen molar-refractivity contribution < 1.29 is 17.6 Å². The van der Waals surface area contributed by atoms with E-state index in [1.54, 1.807) is 12.1 Å². The molecule has 0 heterocycles. The molecule has 158 valence electrons. The highest BCUT2D eigenvalue weighted by atomic mass is 19.2. The van der Waals surface area contributed by atoms with Gasteiger partial charge in [0.2, 0.25) is 0 Å². The highest BCUT2D eigenvalue weighted by Crippen LogP contribution is 2.27. The van der Waals surface area contributed by atoms with E-state index in [-0.39, 0.29) is 19.3 Å². The Morgan fingerprint density at radius 3 is 1.73 bits per heavy atom. The summed E-state index contributed by atoms with van der Waals surface area (Å²) in [5.41, 5.74) is 5.26. The maximum Gasteiger partial charge on any atom is 0.162 e. The van der Waals surface area contributed by atoms with Crippen LogP contribution in [-0.2, 0) is 6.42 Å². The fraction of sp³-hybridized carbons (Fsp3) is 0.308. The van der Waals surface area contributed by atoms with Gasteiger partial charge in [0.05, 0.1) is 0 Å². The highest BCUT2D eigenvalue weighted by molar-refractivity contribution is 5.70. The summed E-state index contributed by atoms with van der Waals surface area (Å²) in [6, 6.07) is 20.8. The predicted molar refractivity (Wildman–Crippen MR) is 115 cm³/mol. The Kier molecular flexibility index (Phi) is 7.30. The second-order valence-corrected chi connectivity index (χ2v) is 7.67. The SMILES string of the molecule is CCC(F)C(F)C(F)CCc1ccc(-c2ccc(-c3ccc(C)cc3)cc2)cc1F. The van der Waals surface area contributed by atoms with Crippen LogP contribution < -0.4 is 0 Å². The molecule has 0 spiro atoms. The Hall–Kier alpha value is -2.62. The van der Waals surface area contributed by atoms with Gasteiger partial charge in [0, 0.05) is 0 Å². The van der Waals surface area contributed by atoms with Gasteiger partial charge in [-0.15, -0.1) is 0 Å². The summed E-state index contributed by atoms with van der Waals surface area (Å²) in [7, 11) is 0. The van der Waals surface area contributed by atoms with Crippen LogP contribution in [0.4, 0.5) is 17.6 Å². The fourth-order valence-corrected chi connectivity index (χ4v) is 3.44. The first-order valence-electron chi connectivity index (χ1n) is 10.3. The molecule has 0 saturated carbocycles. The summed E-state index contributed by atoms with van der Waals surface area (Å²) < 4.78 is 55.3. The smallest absolute Gasteiger partial charge is 0.162 e. The van der Waals surface area contributed by atoms with Crippen LogP contribution in [0.25, 0.3) is 22.3 Å². The third-order valence-electron chi connectivity index (χ3n) is 5.43. The van der Waals surface area contributed by atoms with Crippen LogP contribution in [0.1, 0.15) is 30.9 Å². The zero-order chi connectivity index (χ0) is 21.7. The molecule has 0 amide bonds. The minimum absolute atomic E-state index is 0.0243. The third-order valence-corrected chi connectivity index (χ3v) is 5.43. The molecule has 0 bridgehead atoms. The van der Waals surface area contributed by atoms with Crippen molar-refractivity contribution in [3.63, 3.8) is 0 Å². The van der Waals surface area contributed by atoms with Crippen LogP contribution in [0, 0.1) is 12.7 Å². The molecule has 0 aromatic heterocycles. The van der Waals surface area contributed by atoms with Crippen molar-refractivity contribution in [3.05, 3.63) is 83.7 Å². The van der Waals surface area contributed by atoms with Gasteiger partial charge in [-0.25, -0.2) is 17.6 Å². The number of hydrogen-bond acceptors (Lipinski definition) is 0. The normalized spacial score (nSPS) is 14.3. The molecule has 0 nitrogen and oxygen atoms in total. The molecule has 0 radical (unpaired) electrons. The average Bonchev–Trinajstić information content (AvgIpc) is 2.77. The Morgan fingerprint density at radius 2 is 1.20 bits per heavy atom. The first kappa shape index (κ1) is 22.1. The lowest BCUT2D eigenvalue weighted by molar-refractivity contribution is 0.0754. The molecular weight excluding hydrogens is 388 g/mol. The van der Waals surface area contributed by atoms with E-state index < -0.39 is 24.3 Å². The van der Waals surface area contributed by atoms with Crippen LogP contribution in [-0.4, -0.2) is 18.5 Å². The summed E-state index contributed by atoms with van der Waals surface area (Å²) in [5.74, 6) is -0.468. The lowest BCUT2D eigenvalue weighted by Gasteiger charge is -2.16. The molecule has 3 unspecified atom stereocenters. The molecule has 0 aliphatic heterocycles. The van der Waals surface area contributed by atoms with Gasteiger partial charge in [-0.05, 0) is 60.1 Å². The van der Waals surface area contributed by atoms with Gasteiger partial charge in [-0.1, -0.05) is 73.2 Å². The third kappa shape index (κ3) is 5.29. The van der Waals surface area contributed by atoms with E-state index in [9.17, 15) is 17.6 Å². The molecule has 30 heavy (non-hydrogen) atoms. The molecular formula is C26H26F4. The van der Waals surface area contributed by atoms with Crippen molar-refractivity contribution in [1.29, 1.82) is 0 Å². The maximum absolute atomic E-state index is 14.5. The molecule has 0 saturated heterocycles. The quantitative estimate of drug-likeness (QED) is 0.330. The predicted octanol–water partition coefficient (Wildman–Crippen LogP) is 7.83. The standard InChI is InChI=1S/C26H26F4/c1-3-23(27)26(30)24(28)15-14-21-12-13-22(16-25(21)29)20-10-8-19(9-11-20)18-6-4-17(2)5-7-18/h4-13,16,23-24,26H,3,14-15H2,1-2H3. The zero-order valence-electron chi connectivity index (χ0n) is 17.2. The Bertz CT molecular complexity index is 948. The van der Waals surface area contributed by atoms with Gasteiger partial charge in [0.25, 0.3) is 0 Å². The Balaban J connectivity index is 1.68. The van der Waals surface area contributed by atoms with E-state index in [0.717, 1.165) is 16.7 Å². The van der Waals surface area contributed by atoms with Crippen molar-refractivity contribution in [3.8, 4) is 22.3 Å². The number of alkyl halides is 3. The van der Waals surface area contributed by atoms with Crippen molar-refractivity contribution in [2.75, 3.05) is 0 Å². The van der Waals surface area contributed by atoms with Crippen molar-refractivity contribution in [2.24, 2.45) is 0 Å².